The largest absolute Gasteiger partial charge is 0.466 e. The summed E-state index contributed by atoms with van der Waals surface area (Å²) in [5, 5.41) is 3.62. The van der Waals surface area contributed by atoms with E-state index >= 15 is 0 Å². The van der Waals surface area contributed by atoms with E-state index < -0.39 is 0 Å². The molecule has 1 saturated carbocycles. The van der Waals surface area contributed by atoms with E-state index in [1.807, 2.05) is 13.0 Å². The van der Waals surface area contributed by atoms with Crippen LogP contribution in [0.25, 0.3) is 0 Å². The number of ether oxygens (including phenoxy) is 1. The van der Waals surface area contributed by atoms with Crippen LogP contribution in [0.5, 0.6) is 0 Å². The van der Waals surface area contributed by atoms with Crippen molar-refractivity contribution in [3.8, 4) is 0 Å². The summed E-state index contributed by atoms with van der Waals surface area (Å²) in [5.74, 6) is -0.0279. The zero-order chi connectivity index (χ0) is 14.4. The molecule has 1 aliphatic carbocycles. The van der Waals surface area contributed by atoms with Gasteiger partial charge in [-0.1, -0.05) is 43.2 Å². The molecule has 0 bridgehead atoms. The minimum Gasteiger partial charge on any atom is -0.466 e. The third-order valence-electron chi connectivity index (χ3n) is 4.12. The highest BCUT2D eigenvalue weighted by atomic mass is 16.5. The molecule has 0 aliphatic heterocycles. The van der Waals surface area contributed by atoms with Crippen LogP contribution < -0.4 is 5.32 Å². The van der Waals surface area contributed by atoms with Gasteiger partial charge in [-0.25, -0.2) is 0 Å². The first-order valence-electron chi connectivity index (χ1n) is 7.70. The summed E-state index contributed by atoms with van der Waals surface area (Å²) in [6, 6.07) is 10.9. The molecule has 1 fully saturated rings. The first kappa shape index (κ1) is 15.0. The number of carbonyl (C=O) groups excluding carboxylic acids is 1. The van der Waals surface area contributed by atoms with Crippen molar-refractivity contribution in [1.82, 2.24) is 5.32 Å². The molecule has 0 radical (unpaired) electrons. The predicted octanol–water partition coefficient (Wildman–Crippen LogP) is 3.46. The van der Waals surface area contributed by atoms with E-state index in [0.29, 0.717) is 6.61 Å². The van der Waals surface area contributed by atoms with Crippen molar-refractivity contribution in [2.24, 2.45) is 5.92 Å². The highest BCUT2D eigenvalue weighted by Gasteiger charge is 2.32. The number of esters is 1. The monoisotopic (exact) mass is 275 g/mol. The van der Waals surface area contributed by atoms with Crippen molar-refractivity contribution >= 4 is 5.97 Å². The molecule has 0 spiro atoms. The van der Waals surface area contributed by atoms with Crippen LogP contribution in [0.4, 0.5) is 0 Å². The van der Waals surface area contributed by atoms with Gasteiger partial charge in [0.15, 0.2) is 0 Å². The van der Waals surface area contributed by atoms with Crippen molar-refractivity contribution in [1.29, 1.82) is 0 Å². The quantitative estimate of drug-likeness (QED) is 0.836. The Bertz CT molecular complexity index is 418. The van der Waals surface area contributed by atoms with E-state index in [0.717, 1.165) is 19.3 Å². The van der Waals surface area contributed by atoms with Gasteiger partial charge in [0.05, 0.1) is 12.5 Å². The van der Waals surface area contributed by atoms with E-state index in [1.54, 1.807) is 0 Å². The minimum absolute atomic E-state index is 0.00913. The van der Waals surface area contributed by atoms with Crippen LogP contribution in [0.3, 0.4) is 0 Å². The molecule has 0 heterocycles. The second-order valence-corrected chi connectivity index (χ2v) is 5.55. The molecule has 20 heavy (non-hydrogen) atoms. The lowest BCUT2D eigenvalue weighted by Gasteiger charge is -2.33. The molecule has 0 aromatic heterocycles. The average molecular weight is 275 g/mol. The van der Waals surface area contributed by atoms with E-state index in [4.69, 9.17) is 4.74 Å². The molecular formula is C17H25NO2. The fourth-order valence-corrected chi connectivity index (χ4v) is 3.02. The SMILES string of the molecule is CCOC(=O)[C@@H]1CCCC[C@H]1N[C@H](C)c1ccccc1. The summed E-state index contributed by atoms with van der Waals surface area (Å²) in [4.78, 5) is 12.1. The minimum atomic E-state index is -0.0371. The molecule has 3 nitrogen and oxygen atoms in total. The van der Waals surface area contributed by atoms with Crippen molar-refractivity contribution in [2.75, 3.05) is 6.61 Å². The van der Waals surface area contributed by atoms with Gasteiger partial charge in [-0.15, -0.1) is 0 Å². The Labute approximate surface area is 121 Å². The number of benzene rings is 1. The molecule has 110 valence electrons. The third-order valence-corrected chi connectivity index (χ3v) is 4.12. The average Bonchev–Trinajstić information content (AvgIpc) is 2.49. The molecule has 1 aliphatic rings. The maximum atomic E-state index is 12.1. The topological polar surface area (TPSA) is 38.3 Å². The smallest absolute Gasteiger partial charge is 0.310 e. The first-order valence-corrected chi connectivity index (χ1v) is 7.70. The molecule has 0 amide bonds. The molecule has 0 saturated heterocycles. The van der Waals surface area contributed by atoms with E-state index in [1.165, 1.54) is 12.0 Å². The lowest BCUT2D eigenvalue weighted by molar-refractivity contribution is -0.150. The van der Waals surface area contributed by atoms with Gasteiger partial charge in [0, 0.05) is 12.1 Å². The number of hydrogen-bond acceptors (Lipinski definition) is 3. The highest BCUT2D eigenvalue weighted by molar-refractivity contribution is 5.73. The maximum absolute atomic E-state index is 12.1. The molecule has 1 aromatic carbocycles. The van der Waals surface area contributed by atoms with Gasteiger partial charge in [-0.2, -0.15) is 0 Å². The maximum Gasteiger partial charge on any atom is 0.310 e. The standard InChI is InChI=1S/C17H25NO2/c1-3-20-17(19)15-11-7-8-12-16(15)18-13(2)14-9-5-4-6-10-14/h4-6,9-10,13,15-16,18H,3,7-8,11-12H2,1-2H3/t13-,15-,16-/m1/s1. The second kappa shape index (κ2) is 7.44. The fraction of sp³-hybridized carbons (Fsp3) is 0.588. The van der Waals surface area contributed by atoms with Crippen LogP contribution in [0, 0.1) is 5.92 Å². The number of carbonyl (C=O) groups is 1. The first-order chi connectivity index (χ1) is 9.72. The van der Waals surface area contributed by atoms with E-state index in [-0.39, 0.29) is 24.0 Å². The summed E-state index contributed by atoms with van der Waals surface area (Å²) in [6.45, 7) is 4.50. The van der Waals surface area contributed by atoms with Crippen molar-refractivity contribution in [2.45, 2.75) is 51.6 Å². The Balaban J connectivity index is 2.00. The number of nitrogens with one attached hydrogen (secondary N) is 1. The lowest BCUT2D eigenvalue weighted by atomic mass is 9.84. The van der Waals surface area contributed by atoms with Gasteiger partial charge >= 0.3 is 5.97 Å². The Kier molecular flexibility index (Phi) is 5.60. The van der Waals surface area contributed by atoms with Gasteiger partial charge in [-0.3, -0.25) is 4.79 Å². The molecule has 3 heteroatoms. The predicted molar refractivity (Wildman–Crippen MR) is 80.4 cm³/mol. The number of hydrogen-bond donors (Lipinski definition) is 1. The van der Waals surface area contributed by atoms with Gasteiger partial charge in [0.2, 0.25) is 0 Å². The van der Waals surface area contributed by atoms with E-state index in [2.05, 4.69) is 36.5 Å². The summed E-state index contributed by atoms with van der Waals surface area (Å²) >= 11 is 0. The van der Waals surface area contributed by atoms with E-state index in [9.17, 15) is 4.79 Å². The highest BCUT2D eigenvalue weighted by Crippen LogP contribution is 2.27. The van der Waals surface area contributed by atoms with Crippen LogP contribution in [0.1, 0.15) is 51.1 Å². The normalized spacial score (nSPS) is 24.1. The van der Waals surface area contributed by atoms with Crippen LogP contribution in [-0.4, -0.2) is 18.6 Å². The molecule has 2 rings (SSSR count). The summed E-state index contributed by atoms with van der Waals surface area (Å²) < 4.78 is 5.22. The Morgan fingerprint density at radius 3 is 2.70 bits per heavy atom. The Morgan fingerprint density at radius 1 is 1.30 bits per heavy atom. The van der Waals surface area contributed by atoms with Crippen molar-refractivity contribution in [3.05, 3.63) is 35.9 Å². The zero-order valence-corrected chi connectivity index (χ0v) is 12.5. The zero-order valence-electron chi connectivity index (χ0n) is 12.5. The van der Waals surface area contributed by atoms with Crippen molar-refractivity contribution in [3.63, 3.8) is 0 Å². The fourth-order valence-electron chi connectivity index (χ4n) is 3.02. The van der Waals surface area contributed by atoms with Crippen LogP contribution in [-0.2, 0) is 9.53 Å². The van der Waals surface area contributed by atoms with Gasteiger partial charge in [-0.05, 0) is 32.3 Å². The lowest BCUT2D eigenvalue weighted by Crippen LogP contribution is -2.43. The van der Waals surface area contributed by atoms with Crippen LogP contribution >= 0.6 is 0 Å². The summed E-state index contributed by atoms with van der Waals surface area (Å²) in [7, 11) is 0. The number of rotatable bonds is 5. The van der Waals surface area contributed by atoms with Gasteiger partial charge in [0.25, 0.3) is 0 Å². The molecule has 0 unspecified atom stereocenters. The van der Waals surface area contributed by atoms with Crippen LogP contribution in [0.15, 0.2) is 30.3 Å². The molecule has 3 atom stereocenters. The van der Waals surface area contributed by atoms with Gasteiger partial charge < -0.3 is 10.1 Å². The third kappa shape index (κ3) is 3.83. The Hall–Kier alpha value is -1.35. The van der Waals surface area contributed by atoms with Crippen LogP contribution in [0.2, 0.25) is 0 Å². The molecule has 1 aromatic rings. The second-order valence-electron chi connectivity index (χ2n) is 5.55. The summed E-state index contributed by atoms with van der Waals surface area (Å²) in [5.41, 5.74) is 1.26. The summed E-state index contributed by atoms with van der Waals surface area (Å²) in [6.07, 6.45) is 4.31. The molecule has 1 N–H and O–H groups in total. The Morgan fingerprint density at radius 2 is 2.00 bits per heavy atom. The molecular weight excluding hydrogens is 250 g/mol. The van der Waals surface area contributed by atoms with Crippen molar-refractivity contribution < 1.29 is 9.53 Å². The van der Waals surface area contributed by atoms with Gasteiger partial charge in [0.1, 0.15) is 0 Å².